The highest BCUT2D eigenvalue weighted by Gasteiger charge is 2.05. The molecule has 0 saturated heterocycles. The molecule has 0 aromatic rings. The Labute approximate surface area is 51.1 Å². The van der Waals surface area contributed by atoms with Crippen molar-refractivity contribution in [2.75, 3.05) is 0 Å². The maximum atomic E-state index is 10.3. The molecule has 0 aromatic carbocycles. The lowest BCUT2D eigenvalue weighted by Crippen LogP contribution is -2.04. The molecule has 0 N–H and O–H groups in total. The Bertz CT molecular complexity index is 173. The maximum absolute atomic E-state index is 10.3. The molecule has 0 radical (unpaired) electrons. The van der Waals surface area contributed by atoms with Gasteiger partial charge in [0.1, 0.15) is 11.5 Å². The lowest BCUT2D eigenvalue weighted by Gasteiger charge is -1.94. The van der Waals surface area contributed by atoms with Crippen molar-refractivity contribution in [2.45, 2.75) is 6.42 Å². The van der Waals surface area contributed by atoms with Gasteiger partial charge >= 0.3 is 0 Å². The minimum atomic E-state index is -0.231. The SMILES string of the molecule is O=C1CC(Cl)=NC=N1. The van der Waals surface area contributed by atoms with Crippen LogP contribution >= 0.6 is 11.6 Å². The Balaban J connectivity index is 2.73. The highest BCUT2D eigenvalue weighted by molar-refractivity contribution is 6.67. The average molecular weight is 131 g/mol. The summed E-state index contributed by atoms with van der Waals surface area (Å²) in [5, 5.41) is 0.310. The topological polar surface area (TPSA) is 41.8 Å². The van der Waals surface area contributed by atoms with Crippen molar-refractivity contribution in [3.05, 3.63) is 0 Å². The van der Waals surface area contributed by atoms with E-state index in [1.54, 1.807) is 0 Å². The largest absolute Gasteiger partial charge is 0.272 e. The predicted molar refractivity (Wildman–Crippen MR) is 31.4 cm³/mol. The van der Waals surface area contributed by atoms with Crippen molar-refractivity contribution in [2.24, 2.45) is 9.98 Å². The van der Waals surface area contributed by atoms with E-state index in [1.165, 1.54) is 0 Å². The number of carbonyl (C=O) groups excluding carboxylic acids is 1. The first-order chi connectivity index (χ1) is 3.79. The zero-order chi connectivity index (χ0) is 5.98. The second-order valence-electron chi connectivity index (χ2n) is 1.32. The summed E-state index contributed by atoms with van der Waals surface area (Å²) in [7, 11) is 0. The van der Waals surface area contributed by atoms with Gasteiger partial charge in [-0.15, -0.1) is 0 Å². The van der Waals surface area contributed by atoms with Crippen LogP contribution in [0.1, 0.15) is 6.42 Å². The van der Waals surface area contributed by atoms with Crippen LogP contribution in [0.2, 0.25) is 0 Å². The fraction of sp³-hybridized carbons (Fsp3) is 0.250. The van der Waals surface area contributed by atoms with Crippen molar-refractivity contribution in [3.8, 4) is 0 Å². The monoisotopic (exact) mass is 130 g/mol. The summed E-state index contributed by atoms with van der Waals surface area (Å²) in [6, 6.07) is 0. The van der Waals surface area contributed by atoms with Gasteiger partial charge in [-0.1, -0.05) is 11.6 Å². The van der Waals surface area contributed by atoms with E-state index in [1.807, 2.05) is 0 Å². The van der Waals surface area contributed by atoms with Gasteiger partial charge < -0.3 is 0 Å². The molecule has 42 valence electrons. The first-order valence-corrected chi connectivity index (χ1v) is 2.44. The number of aliphatic imine (C=N–C) groups is 2. The van der Waals surface area contributed by atoms with E-state index >= 15 is 0 Å². The standard InChI is InChI=1S/C4H3ClN2O/c5-3-1-4(8)7-2-6-3/h2H,1H2. The summed E-state index contributed by atoms with van der Waals surface area (Å²) in [5.74, 6) is -0.231. The zero-order valence-corrected chi connectivity index (χ0v) is 4.72. The van der Waals surface area contributed by atoms with Crippen molar-refractivity contribution in [3.63, 3.8) is 0 Å². The highest BCUT2D eigenvalue weighted by atomic mass is 35.5. The maximum Gasteiger partial charge on any atom is 0.254 e. The van der Waals surface area contributed by atoms with Crippen molar-refractivity contribution >= 4 is 29.0 Å². The quantitative estimate of drug-likeness (QED) is 0.473. The molecule has 0 aliphatic carbocycles. The van der Waals surface area contributed by atoms with E-state index in [-0.39, 0.29) is 12.3 Å². The van der Waals surface area contributed by atoms with Gasteiger partial charge in [0, 0.05) is 0 Å². The Hall–Kier alpha value is -0.700. The van der Waals surface area contributed by atoms with Crippen LogP contribution in [0.5, 0.6) is 0 Å². The average Bonchev–Trinajstić information content (AvgIpc) is 1.64. The van der Waals surface area contributed by atoms with Crippen LogP contribution < -0.4 is 0 Å². The van der Waals surface area contributed by atoms with Crippen molar-refractivity contribution in [1.29, 1.82) is 0 Å². The van der Waals surface area contributed by atoms with E-state index in [9.17, 15) is 4.79 Å². The van der Waals surface area contributed by atoms with Crippen LogP contribution in [-0.4, -0.2) is 17.4 Å². The Morgan fingerprint density at radius 2 is 2.50 bits per heavy atom. The molecule has 1 heterocycles. The van der Waals surface area contributed by atoms with Crippen LogP contribution in [0.3, 0.4) is 0 Å². The van der Waals surface area contributed by atoms with Gasteiger partial charge in [-0.3, -0.25) is 4.79 Å². The van der Waals surface area contributed by atoms with Crippen LogP contribution in [0.15, 0.2) is 9.98 Å². The van der Waals surface area contributed by atoms with Gasteiger partial charge in [0.2, 0.25) is 0 Å². The molecule has 0 unspecified atom stereocenters. The van der Waals surface area contributed by atoms with Crippen LogP contribution in [0, 0.1) is 0 Å². The lowest BCUT2D eigenvalue weighted by molar-refractivity contribution is -0.116. The van der Waals surface area contributed by atoms with E-state index in [0.29, 0.717) is 5.17 Å². The third kappa shape index (κ3) is 1.13. The Morgan fingerprint density at radius 1 is 1.75 bits per heavy atom. The molecule has 4 heteroatoms. The van der Waals surface area contributed by atoms with E-state index in [2.05, 4.69) is 9.98 Å². The van der Waals surface area contributed by atoms with Crippen LogP contribution in [0.25, 0.3) is 0 Å². The second kappa shape index (κ2) is 2.05. The van der Waals surface area contributed by atoms with Crippen LogP contribution in [0.4, 0.5) is 0 Å². The van der Waals surface area contributed by atoms with Gasteiger partial charge in [0.25, 0.3) is 5.91 Å². The summed E-state index contributed by atoms with van der Waals surface area (Å²) in [6.45, 7) is 0. The number of rotatable bonds is 0. The predicted octanol–water partition coefficient (Wildman–Crippen LogP) is 0.582. The molecular weight excluding hydrogens is 128 g/mol. The molecule has 1 amide bonds. The molecule has 0 aromatic heterocycles. The molecule has 3 nitrogen and oxygen atoms in total. The fourth-order valence-electron chi connectivity index (χ4n) is 0.372. The normalized spacial score (nSPS) is 18.6. The van der Waals surface area contributed by atoms with Crippen LogP contribution in [-0.2, 0) is 4.79 Å². The number of hydrogen-bond acceptors (Lipinski definition) is 2. The molecule has 0 spiro atoms. The zero-order valence-electron chi connectivity index (χ0n) is 3.97. The molecule has 1 rings (SSSR count). The Kier molecular flexibility index (Phi) is 1.39. The van der Waals surface area contributed by atoms with E-state index in [0.717, 1.165) is 6.34 Å². The number of halogens is 1. The molecule has 0 atom stereocenters. The fourth-order valence-corrected chi connectivity index (χ4v) is 0.530. The molecular formula is C4H3ClN2O. The molecule has 1 aliphatic heterocycles. The number of nitrogens with zero attached hydrogens (tertiary/aromatic N) is 2. The molecule has 0 saturated carbocycles. The summed E-state index contributed by atoms with van der Waals surface area (Å²) in [6.07, 6.45) is 1.31. The van der Waals surface area contributed by atoms with Crippen molar-refractivity contribution in [1.82, 2.24) is 0 Å². The molecule has 0 bridgehead atoms. The van der Waals surface area contributed by atoms with Gasteiger partial charge in [0.15, 0.2) is 0 Å². The Morgan fingerprint density at radius 3 is 2.88 bits per heavy atom. The molecule has 0 fully saturated rings. The first kappa shape index (κ1) is 5.44. The summed E-state index contributed by atoms with van der Waals surface area (Å²) in [4.78, 5) is 17.2. The summed E-state index contributed by atoms with van der Waals surface area (Å²) >= 11 is 5.35. The minimum Gasteiger partial charge on any atom is -0.272 e. The lowest BCUT2D eigenvalue weighted by atomic mass is 10.4. The number of hydrogen-bond donors (Lipinski definition) is 0. The third-order valence-corrected chi connectivity index (χ3v) is 0.928. The summed E-state index contributed by atoms with van der Waals surface area (Å²) in [5.41, 5.74) is 0. The van der Waals surface area contributed by atoms with E-state index in [4.69, 9.17) is 11.6 Å². The smallest absolute Gasteiger partial charge is 0.254 e. The molecule has 8 heavy (non-hydrogen) atoms. The third-order valence-electron chi connectivity index (χ3n) is 0.697. The highest BCUT2D eigenvalue weighted by Crippen LogP contribution is 1.98. The number of carbonyl (C=O) groups is 1. The second-order valence-corrected chi connectivity index (χ2v) is 1.76. The minimum absolute atomic E-state index is 0.151. The van der Waals surface area contributed by atoms with E-state index < -0.39 is 0 Å². The van der Waals surface area contributed by atoms with Gasteiger partial charge in [-0.2, -0.15) is 0 Å². The van der Waals surface area contributed by atoms with Gasteiger partial charge in [-0.25, -0.2) is 9.98 Å². The number of amides is 1. The van der Waals surface area contributed by atoms with Gasteiger partial charge in [0.05, 0.1) is 6.42 Å². The summed E-state index contributed by atoms with van der Waals surface area (Å²) < 4.78 is 0. The van der Waals surface area contributed by atoms with Gasteiger partial charge in [-0.05, 0) is 0 Å². The first-order valence-electron chi connectivity index (χ1n) is 2.06. The molecule has 1 aliphatic rings. The van der Waals surface area contributed by atoms with Crippen molar-refractivity contribution < 1.29 is 4.79 Å².